The van der Waals surface area contributed by atoms with Gasteiger partial charge in [-0.15, -0.1) is 0 Å². The van der Waals surface area contributed by atoms with E-state index in [9.17, 15) is 4.79 Å². The first-order valence-corrected chi connectivity index (χ1v) is 5.21. The molecular formula is C11H18N4O. The zero-order valence-electron chi connectivity index (χ0n) is 9.97. The Balaban J connectivity index is 2.91. The van der Waals surface area contributed by atoms with Crippen LogP contribution in [0.1, 0.15) is 12.5 Å². The quantitative estimate of drug-likeness (QED) is 0.589. The van der Waals surface area contributed by atoms with Gasteiger partial charge in [-0.3, -0.25) is 4.79 Å². The highest BCUT2D eigenvalue weighted by atomic mass is 16.1. The Labute approximate surface area is 95.2 Å². The number of rotatable bonds is 3. The van der Waals surface area contributed by atoms with E-state index in [1.54, 1.807) is 21.7 Å². The van der Waals surface area contributed by atoms with Gasteiger partial charge in [-0.05, 0) is 13.0 Å². The van der Waals surface area contributed by atoms with Crippen molar-refractivity contribution in [3.63, 3.8) is 0 Å². The van der Waals surface area contributed by atoms with Crippen molar-refractivity contribution in [1.29, 1.82) is 0 Å². The summed E-state index contributed by atoms with van der Waals surface area (Å²) in [7, 11) is 3.63. The van der Waals surface area contributed by atoms with Crippen LogP contribution in [0, 0.1) is 0 Å². The molecule has 0 aliphatic heterocycles. The maximum absolute atomic E-state index is 11.8. The summed E-state index contributed by atoms with van der Waals surface area (Å²) in [6.45, 7) is 2.92. The van der Waals surface area contributed by atoms with E-state index in [4.69, 9.17) is 5.73 Å². The highest BCUT2D eigenvalue weighted by Gasteiger charge is 2.01. The molecule has 0 amide bonds. The van der Waals surface area contributed by atoms with E-state index in [1.165, 1.54) is 0 Å². The zero-order chi connectivity index (χ0) is 12.1. The van der Waals surface area contributed by atoms with Gasteiger partial charge in [0.05, 0.1) is 6.54 Å². The number of guanidine groups is 1. The third kappa shape index (κ3) is 2.85. The van der Waals surface area contributed by atoms with Gasteiger partial charge in [0.25, 0.3) is 5.56 Å². The number of hydrogen-bond acceptors (Lipinski definition) is 2. The van der Waals surface area contributed by atoms with Crippen molar-refractivity contribution in [3.05, 3.63) is 34.2 Å². The molecule has 0 unspecified atom stereocenters. The van der Waals surface area contributed by atoms with Crippen LogP contribution in [0.15, 0.2) is 28.1 Å². The summed E-state index contributed by atoms with van der Waals surface area (Å²) >= 11 is 0. The van der Waals surface area contributed by atoms with Gasteiger partial charge < -0.3 is 15.2 Å². The van der Waals surface area contributed by atoms with E-state index in [2.05, 4.69) is 4.99 Å². The molecule has 0 radical (unpaired) electrons. The molecule has 16 heavy (non-hydrogen) atoms. The predicted molar refractivity (Wildman–Crippen MR) is 65.4 cm³/mol. The Morgan fingerprint density at radius 1 is 1.56 bits per heavy atom. The molecule has 1 aromatic rings. The minimum atomic E-state index is 0.000283. The average Bonchev–Trinajstić information content (AvgIpc) is 2.27. The molecule has 1 heterocycles. The molecule has 0 aliphatic rings. The summed E-state index contributed by atoms with van der Waals surface area (Å²) in [6.07, 6.45) is 1.77. The van der Waals surface area contributed by atoms with Gasteiger partial charge in [0.15, 0.2) is 5.96 Å². The number of aromatic nitrogens is 1. The van der Waals surface area contributed by atoms with Crippen LogP contribution in [0.4, 0.5) is 0 Å². The van der Waals surface area contributed by atoms with Crippen LogP contribution in [-0.2, 0) is 13.1 Å². The van der Waals surface area contributed by atoms with Gasteiger partial charge in [-0.2, -0.15) is 0 Å². The molecule has 1 rings (SSSR count). The first kappa shape index (κ1) is 12.3. The molecule has 0 saturated carbocycles. The molecule has 88 valence electrons. The van der Waals surface area contributed by atoms with Gasteiger partial charge in [-0.1, -0.05) is 6.07 Å². The zero-order valence-corrected chi connectivity index (χ0v) is 9.97. The summed E-state index contributed by atoms with van der Waals surface area (Å²) < 4.78 is 1.65. The highest BCUT2D eigenvalue weighted by Crippen LogP contribution is 1.95. The maximum atomic E-state index is 11.8. The minimum absolute atomic E-state index is 0.000283. The standard InChI is InChI=1S/C11H18N4O/c1-4-15-7-5-6-9(10(15)16)8-13-11(12)14(2)3/h5-7H,4,8H2,1-3H3,(H2,12,13). The fourth-order valence-corrected chi connectivity index (χ4v) is 1.26. The van der Waals surface area contributed by atoms with E-state index in [-0.39, 0.29) is 5.56 Å². The Morgan fingerprint density at radius 3 is 2.81 bits per heavy atom. The van der Waals surface area contributed by atoms with Crippen molar-refractivity contribution >= 4 is 5.96 Å². The normalized spacial score (nSPS) is 11.6. The minimum Gasteiger partial charge on any atom is -0.370 e. The molecule has 0 atom stereocenters. The number of aryl methyl sites for hydroxylation is 1. The number of pyridine rings is 1. The smallest absolute Gasteiger partial charge is 0.255 e. The lowest BCUT2D eigenvalue weighted by Gasteiger charge is -2.10. The van der Waals surface area contributed by atoms with Crippen LogP contribution in [-0.4, -0.2) is 29.5 Å². The summed E-state index contributed by atoms with van der Waals surface area (Å²) in [6, 6.07) is 3.63. The van der Waals surface area contributed by atoms with Crippen LogP contribution < -0.4 is 11.3 Å². The molecule has 0 spiro atoms. The molecule has 1 aromatic heterocycles. The van der Waals surface area contributed by atoms with Gasteiger partial charge >= 0.3 is 0 Å². The van der Waals surface area contributed by atoms with E-state index in [0.29, 0.717) is 24.6 Å². The lowest BCUT2D eigenvalue weighted by atomic mass is 10.3. The van der Waals surface area contributed by atoms with E-state index in [0.717, 1.165) is 0 Å². The van der Waals surface area contributed by atoms with Crippen molar-refractivity contribution in [2.45, 2.75) is 20.0 Å². The lowest BCUT2D eigenvalue weighted by molar-refractivity contribution is 0.608. The second-order valence-corrected chi connectivity index (χ2v) is 3.69. The molecule has 5 nitrogen and oxygen atoms in total. The molecular weight excluding hydrogens is 204 g/mol. The van der Waals surface area contributed by atoms with Gasteiger partial charge in [0.2, 0.25) is 0 Å². The van der Waals surface area contributed by atoms with Crippen LogP contribution in [0.5, 0.6) is 0 Å². The second kappa shape index (κ2) is 5.34. The van der Waals surface area contributed by atoms with E-state index in [1.807, 2.05) is 27.1 Å². The maximum Gasteiger partial charge on any atom is 0.255 e. The predicted octanol–water partition coefficient (Wildman–Crippen LogP) is 0.244. The van der Waals surface area contributed by atoms with Crippen LogP contribution in [0.2, 0.25) is 0 Å². The van der Waals surface area contributed by atoms with Crippen LogP contribution in [0.25, 0.3) is 0 Å². The number of nitrogens with zero attached hydrogens (tertiary/aromatic N) is 3. The van der Waals surface area contributed by atoms with Gasteiger partial charge in [0.1, 0.15) is 0 Å². The van der Waals surface area contributed by atoms with Crippen molar-refractivity contribution < 1.29 is 0 Å². The molecule has 0 bridgehead atoms. The summed E-state index contributed by atoms with van der Waals surface area (Å²) in [5, 5.41) is 0. The fraction of sp³-hybridized carbons (Fsp3) is 0.455. The molecule has 0 aromatic carbocycles. The van der Waals surface area contributed by atoms with Crippen molar-refractivity contribution in [1.82, 2.24) is 9.47 Å². The molecule has 0 fully saturated rings. The van der Waals surface area contributed by atoms with Gasteiger partial charge in [-0.25, -0.2) is 4.99 Å². The Morgan fingerprint density at radius 2 is 2.25 bits per heavy atom. The summed E-state index contributed by atoms with van der Waals surface area (Å²) in [4.78, 5) is 17.7. The summed E-state index contributed by atoms with van der Waals surface area (Å²) in [5.74, 6) is 0.423. The van der Waals surface area contributed by atoms with E-state index < -0.39 is 0 Å². The van der Waals surface area contributed by atoms with Crippen LogP contribution in [0.3, 0.4) is 0 Å². The third-order valence-electron chi connectivity index (χ3n) is 2.31. The third-order valence-corrected chi connectivity index (χ3v) is 2.31. The first-order chi connectivity index (χ1) is 7.56. The molecule has 5 heteroatoms. The topological polar surface area (TPSA) is 63.6 Å². The Hall–Kier alpha value is -1.78. The van der Waals surface area contributed by atoms with Crippen molar-refractivity contribution in [2.75, 3.05) is 14.1 Å². The number of nitrogens with two attached hydrogens (primary N) is 1. The largest absolute Gasteiger partial charge is 0.370 e. The van der Waals surface area contributed by atoms with Crippen molar-refractivity contribution in [3.8, 4) is 0 Å². The van der Waals surface area contributed by atoms with E-state index >= 15 is 0 Å². The van der Waals surface area contributed by atoms with Crippen molar-refractivity contribution in [2.24, 2.45) is 10.7 Å². The SMILES string of the molecule is CCn1cccc(CN=C(N)N(C)C)c1=O. The fourth-order valence-electron chi connectivity index (χ4n) is 1.26. The van der Waals surface area contributed by atoms with Crippen LogP contribution >= 0.6 is 0 Å². The Bertz CT molecular complexity index is 434. The monoisotopic (exact) mass is 222 g/mol. The second-order valence-electron chi connectivity index (χ2n) is 3.69. The first-order valence-electron chi connectivity index (χ1n) is 5.21. The average molecular weight is 222 g/mol. The van der Waals surface area contributed by atoms with Gasteiger partial charge in [0, 0.05) is 32.4 Å². The molecule has 0 saturated heterocycles. The lowest BCUT2D eigenvalue weighted by Crippen LogP contribution is -2.30. The summed E-state index contributed by atoms with van der Waals surface area (Å²) in [5.41, 5.74) is 6.31. The molecule has 0 aliphatic carbocycles. The number of aliphatic imine (C=N–C) groups is 1. The Kier molecular flexibility index (Phi) is 4.10. The number of hydrogen-bond donors (Lipinski definition) is 1. The molecule has 2 N–H and O–H groups in total. The highest BCUT2D eigenvalue weighted by molar-refractivity contribution is 5.77.